The highest BCUT2D eigenvalue weighted by molar-refractivity contribution is 6.37. The fraction of sp³-hybridized carbons (Fsp3) is 0.233. The summed E-state index contributed by atoms with van der Waals surface area (Å²) in [5.41, 5.74) is 0.710. The summed E-state index contributed by atoms with van der Waals surface area (Å²) in [6.45, 7) is 3.83. The summed E-state index contributed by atoms with van der Waals surface area (Å²) in [5.74, 6) is -5.70. The molecule has 0 saturated carbocycles. The van der Waals surface area contributed by atoms with E-state index in [2.05, 4.69) is 0 Å². The molecule has 3 aliphatic rings. The van der Waals surface area contributed by atoms with Crippen LogP contribution in [0, 0.1) is 18.8 Å². The van der Waals surface area contributed by atoms with Crippen molar-refractivity contribution in [3.63, 3.8) is 0 Å². The zero-order chi connectivity index (χ0) is 26.8. The number of benzene rings is 3. The first-order valence-corrected chi connectivity index (χ1v) is 12.4. The standard InChI is InChI=1S/C30H23NO7/c1-3-37-27(34)18-12-14-19(15-13-18)31-24(17-10-8-16(2)9-11-17)22-23(29(36)38-28(22)35)30(31)25(32)20-6-4-5-7-21(20)26(30)33/h4-15,22-24H,3H2,1-2H3. The molecule has 8 heteroatoms. The second-order valence-electron chi connectivity index (χ2n) is 9.71. The first-order valence-electron chi connectivity index (χ1n) is 12.4. The summed E-state index contributed by atoms with van der Waals surface area (Å²) >= 11 is 0. The maximum absolute atomic E-state index is 14.2. The Labute approximate surface area is 218 Å². The minimum absolute atomic E-state index is 0.195. The number of carbonyl (C=O) groups excluding carboxylic acids is 5. The number of rotatable bonds is 4. The molecule has 2 saturated heterocycles. The molecule has 3 atom stereocenters. The van der Waals surface area contributed by atoms with Gasteiger partial charge in [0, 0.05) is 16.8 Å². The highest BCUT2D eigenvalue weighted by atomic mass is 16.6. The molecule has 3 aromatic rings. The van der Waals surface area contributed by atoms with E-state index < -0.39 is 52.9 Å². The topological polar surface area (TPSA) is 107 Å². The quantitative estimate of drug-likeness (QED) is 0.386. The monoisotopic (exact) mass is 509 g/mol. The first kappa shape index (κ1) is 23.8. The van der Waals surface area contributed by atoms with E-state index in [1.807, 2.05) is 31.2 Å². The van der Waals surface area contributed by atoms with Gasteiger partial charge in [0.1, 0.15) is 5.92 Å². The number of Topliss-reactive ketones (excluding diaryl/α,β-unsaturated/α-hetero) is 2. The number of ketones is 2. The van der Waals surface area contributed by atoms with Crippen LogP contribution in [-0.4, -0.2) is 41.6 Å². The lowest BCUT2D eigenvalue weighted by atomic mass is 9.76. The lowest BCUT2D eigenvalue weighted by Gasteiger charge is -2.39. The normalized spacial score (nSPS) is 23.0. The third-order valence-corrected chi connectivity index (χ3v) is 7.72. The number of aryl methyl sites for hydroxylation is 1. The van der Waals surface area contributed by atoms with Crippen molar-refractivity contribution in [2.75, 3.05) is 11.5 Å². The second kappa shape index (κ2) is 8.48. The summed E-state index contributed by atoms with van der Waals surface area (Å²) in [4.78, 5) is 68.8. The Balaban J connectivity index is 1.61. The van der Waals surface area contributed by atoms with Gasteiger partial charge in [0.25, 0.3) is 0 Å². The lowest BCUT2D eigenvalue weighted by Crippen LogP contribution is -2.59. The van der Waals surface area contributed by atoms with E-state index in [1.165, 1.54) is 0 Å². The third kappa shape index (κ3) is 3.06. The summed E-state index contributed by atoms with van der Waals surface area (Å²) in [7, 11) is 0. The van der Waals surface area contributed by atoms with E-state index in [1.54, 1.807) is 60.4 Å². The van der Waals surface area contributed by atoms with Gasteiger partial charge in [-0.25, -0.2) is 4.79 Å². The number of esters is 3. The van der Waals surface area contributed by atoms with Gasteiger partial charge in [0.2, 0.25) is 0 Å². The van der Waals surface area contributed by atoms with Crippen LogP contribution < -0.4 is 4.90 Å². The minimum atomic E-state index is -2.02. The van der Waals surface area contributed by atoms with Crippen LogP contribution in [0.3, 0.4) is 0 Å². The smallest absolute Gasteiger partial charge is 0.338 e. The maximum Gasteiger partial charge on any atom is 0.338 e. The number of hydrogen-bond acceptors (Lipinski definition) is 8. The molecule has 1 spiro atoms. The first-order chi connectivity index (χ1) is 18.3. The van der Waals surface area contributed by atoms with Gasteiger partial charge in [0.15, 0.2) is 17.1 Å². The molecule has 2 aliphatic heterocycles. The number of cyclic esters (lactones) is 2. The lowest BCUT2D eigenvalue weighted by molar-refractivity contribution is -0.154. The van der Waals surface area contributed by atoms with Crippen molar-refractivity contribution in [2.45, 2.75) is 25.4 Å². The number of hydrogen-bond donors (Lipinski definition) is 0. The molecule has 1 aliphatic carbocycles. The van der Waals surface area contributed by atoms with Crippen molar-refractivity contribution in [1.82, 2.24) is 0 Å². The molecule has 8 nitrogen and oxygen atoms in total. The van der Waals surface area contributed by atoms with E-state index in [4.69, 9.17) is 9.47 Å². The zero-order valence-corrected chi connectivity index (χ0v) is 20.7. The fourth-order valence-electron chi connectivity index (χ4n) is 6.14. The van der Waals surface area contributed by atoms with E-state index in [0.717, 1.165) is 5.56 Å². The summed E-state index contributed by atoms with van der Waals surface area (Å²) < 4.78 is 10.2. The molecular weight excluding hydrogens is 486 g/mol. The van der Waals surface area contributed by atoms with Crippen molar-refractivity contribution in [2.24, 2.45) is 11.8 Å². The van der Waals surface area contributed by atoms with E-state index in [9.17, 15) is 24.0 Å². The van der Waals surface area contributed by atoms with Crippen LogP contribution in [0.15, 0.2) is 72.8 Å². The van der Waals surface area contributed by atoms with Crippen molar-refractivity contribution in [3.05, 3.63) is 101 Å². The molecule has 0 N–H and O–H groups in total. The highest BCUT2D eigenvalue weighted by Gasteiger charge is 2.76. The molecule has 2 heterocycles. The number of nitrogens with zero attached hydrogens (tertiary/aromatic N) is 1. The Bertz CT molecular complexity index is 1490. The van der Waals surface area contributed by atoms with Crippen molar-refractivity contribution >= 4 is 35.2 Å². The molecule has 0 aromatic heterocycles. The predicted molar refractivity (Wildman–Crippen MR) is 135 cm³/mol. The molecule has 3 aromatic carbocycles. The van der Waals surface area contributed by atoms with E-state index in [-0.39, 0.29) is 17.7 Å². The average Bonchev–Trinajstić information content (AvgIpc) is 3.48. The largest absolute Gasteiger partial charge is 0.462 e. The van der Waals surface area contributed by atoms with Crippen LogP contribution in [0.5, 0.6) is 0 Å². The van der Waals surface area contributed by atoms with Crippen LogP contribution in [0.1, 0.15) is 55.2 Å². The molecule has 6 rings (SSSR count). The van der Waals surface area contributed by atoms with Crippen LogP contribution in [0.25, 0.3) is 0 Å². The Morgan fingerprint density at radius 2 is 1.47 bits per heavy atom. The van der Waals surface area contributed by atoms with Crippen molar-refractivity contribution in [3.8, 4) is 0 Å². The third-order valence-electron chi connectivity index (χ3n) is 7.72. The van der Waals surface area contributed by atoms with Crippen LogP contribution in [0.4, 0.5) is 5.69 Å². The van der Waals surface area contributed by atoms with Gasteiger partial charge in [-0.3, -0.25) is 19.2 Å². The number of ether oxygens (including phenoxy) is 2. The van der Waals surface area contributed by atoms with Gasteiger partial charge >= 0.3 is 17.9 Å². The zero-order valence-electron chi connectivity index (χ0n) is 20.7. The van der Waals surface area contributed by atoms with Gasteiger partial charge < -0.3 is 14.4 Å². The van der Waals surface area contributed by atoms with Crippen LogP contribution >= 0.6 is 0 Å². The van der Waals surface area contributed by atoms with E-state index in [0.29, 0.717) is 16.8 Å². The summed E-state index contributed by atoms with van der Waals surface area (Å²) in [6.07, 6.45) is 0. The summed E-state index contributed by atoms with van der Waals surface area (Å²) in [5, 5.41) is 0. The summed E-state index contributed by atoms with van der Waals surface area (Å²) in [6, 6.07) is 19.3. The maximum atomic E-state index is 14.2. The number of anilines is 1. The van der Waals surface area contributed by atoms with E-state index >= 15 is 0 Å². The Morgan fingerprint density at radius 1 is 0.868 bits per heavy atom. The predicted octanol–water partition coefficient (Wildman–Crippen LogP) is 3.87. The fourth-order valence-corrected chi connectivity index (χ4v) is 6.14. The Kier molecular flexibility index (Phi) is 5.31. The van der Waals surface area contributed by atoms with Gasteiger partial charge in [-0.15, -0.1) is 0 Å². The Morgan fingerprint density at radius 3 is 2.05 bits per heavy atom. The molecule has 0 amide bonds. The second-order valence-corrected chi connectivity index (χ2v) is 9.71. The van der Waals surface area contributed by atoms with Crippen LogP contribution in [0.2, 0.25) is 0 Å². The number of fused-ring (bicyclic) bond motifs is 3. The van der Waals surface area contributed by atoms with Crippen molar-refractivity contribution < 1.29 is 33.4 Å². The minimum Gasteiger partial charge on any atom is -0.462 e. The molecule has 2 fully saturated rings. The van der Waals surface area contributed by atoms with Gasteiger partial charge in [-0.05, 0) is 43.7 Å². The average molecular weight is 510 g/mol. The molecule has 38 heavy (non-hydrogen) atoms. The van der Waals surface area contributed by atoms with Gasteiger partial charge in [-0.1, -0.05) is 54.1 Å². The molecular formula is C30H23NO7. The molecule has 0 radical (unpaired) electrons. The Hall–Kier alpha value is -4.59. The van der Waals surface area contributed by atoms with Crippen LogP contribution in [-0.2, 0) is 19.1 Å². The van der Waals surface area contributed by atoms with Gasteiger partial charge in [0.05, 0.1) is 24.1 Å². The molecule has 3 unspecified atom stereocenters. The van der Waals surface area contributed by atoms with Crippen molar-refractivity contribution in [1.29, 1.82) is 0 Å². The molecule has 0 bridgehead atoms. The molecule has 190 valence electrons. The highest BCUT2D eigenvalue weighted by Crippen LogP contribution is 2.59. The van der Waals surface area contributed by atoms with Gasteiger partial charge in [-0.2, -0.15) is 0 Å². The number of carbonyl (C=O) groups is 5. The SMILES string of the molecule is CCOC(=O)c1ccc(N2C(c3ccc(C)cc3)C3C(=O)OC(=O)C3C23C(=O)c2ccccc2C3=O)cc1.